The summed E-state index contributed by atoms with van der Waals surface area (Å²) in [6, 6.07) is 0.433. The van der Waals surface area contributed by atoms with Crippen LogP contribution in [0.25, 0.3) is 0 Å². The SMILES string of the molecule is Cc1cnc(NC(=O)[C@H]2CCN[C@@H](C)C2)s1. The normalized spacial score (nSPS) is 25.4. The second kappa shape index (κ2) is 4.93. The second-order valence-electron chi connectivity index (χ2n) is 4.34. The first-order chi connectivity index (χ1) is 7.65. The Balaban J connectivity index is 1.92. The van der Waals surface area contributed by atoms with Crippen LogP contribution in [-0.2, 0) is 4.79 Å². The van der Waals surface area contributed by atoms with Crippen molar-refractivity contribution >= 4 is 22.4 Å². The Bertz CT molecular complexity index is 377. The zero-order chi connectivity index (χ0) is 11.5. The van der Waals surface area contributed by atoms with E-state index in [4.69, 9.17) is 0 Å². The maximum absolute atomic E-state index is 12.0. The molecule has 2 rings (SSSR count). The van der Waals surface area contributed by atoms with Gasteiger partial charge in [-0.05, 0) is 33.2 Å². The van der Waals surface area contributed by atoms with E-state index in [1.165, 1.54) is 11.3 Å². The van der Waals surface area contributed by atoms with Gasteiger partial charge in [0.1, 0.15) is 0 Å². The molecule has 2 heterocycles. The van der Waals surface area contributed by atoms with Crippen LogP contribution in [-0.4, -0.2) is 23.5 Å². The van der Waals surface area contributed by atoms with Gasteiger partial charge in [0.15, 0.2) is 5.13 Å². The molecule has 2 N–H and O–H groups in total. The van der Waals surface area contributed by atoms with E-state index in [2.05, 4.69) is 22.5 Å². The molecule has 0 saturated carbocycles. The fourth-order valence-corrected chi connectivity index (χ4v) is 2.66. The molecule has 1 amide bonds. The van der Waals surface area contributed by atoms with Gasteiger partial charge in [0.2, 0.25) is 5.91 Å². The van der Waals surface area contributed by atoms with Crippen LogP contribution in [0.3, 0.4) is 0 Å². The number of piperidine rings is 1. The van der Waals surface area contributed by atoms with Crippen molar-refractivity contribution in [2.45, 2.75) is 32.7 Å². The van der Waals surface area contributed by atoms with E-state index >= 15 is 0 Å². The van der Waals surface area contributed by atoms with Gasteiger partial charge in [-0.2, -0.15) is 0 Å². The number of amides is 1. The molecule has 0 aromatic carbocycles. The van der Waals surface area contributed by atoms with E-state index < -0.39 is 0 Å². The van der Waals surface area contributed by atoms with Crippen molar-refractivity contribution in [2.75, 3.05) is 11.9 Å². The average Bonchev–Trinajstić information content (AvgIpc) is 2.64. The monoisotopic (exact) mass is 239 g/mol. The Hall–Kier alpha value is -0.940. The first-order valence-corrected chi connectivity index (χ1v) is 6.43. The fraction of sp³-hybridized carbons (Fsp3) is 0.636. The summed E-state index contributed by atoms with van der Waals surface area (Å²) in [5, 5.41) is 6.95. The molecule has 0 spiro atoms. The Morgan fingerprint density at radius 2 is 2.50 bits per heavy atom. The van der Waals surface area contributed by atoms with Gasteiger partial charge in [-0.3, -0.25) is 4.79 Å². The topological polar surface area (TPSA) is 54.0 Å². The largest absolute Gasteiger partial charge is 0.314 e. The molecule has 88 valence electrons. The number of thiazole rings is 1. The van der Waals surface area contributed by atoms with Crippen molar-refractivity contribution < 1.29 is 4.79 Å². The van der Waals surface area contributed by atoms with Gasteiger partial charge in [0.25, 0.3) is 0 Å². The molecule has 1 aliphatic rings. The molecule has 0 radical (unpaired) electrons. The third-order valence-corrected chi connectivity index (χ3v) is 3.67. The molecule has 16 heavy (non-hydrogen) atoms. The third-order valence-electron chi connectivity index (χ3n) is 2.85. The van der Waals surface area contributed by atoms with Crippen molar-refractivity contribution in [3.8, 4) is 0 Å². The number of aromatic nitrogens is 1. The summed E-state index contributed by atoms with van der Waals surface area (Å²) < 4.78 is 0. The molecule has 5 heteroatoms. The van der Waals surface area contributed by atoms with Crippen molar-refractivity contribution in [1.82, 2.24) is 10.3 Å². The second-order valence-corrected chi connectivity index (χ2v) is 5.58. The van der Waals surface area contributed by atoms with Crippen LogP contribution in [0.5, 0.6) is 0 Å². The Kier molecular flexibility index (Phi) is 3.56. The van der Waals surface area contributed by atoms with Crippen molar-refractivity contribution in [3.63, 3.8) is 0 Å². The molecule has 1 fully saturated rings. The Labute approximate surface area is 99.5 Å². The van der Waals surface area contributed by atoms with Crippen molar-refractivity contribution in [3.05, 3.63) is 11.1 Å². The van der Waals surface area contributed by atoms with Gasteiger partial charge < -0.3 is 10.6 Å². The summed E-state index contributed by atoms with van der Waals surface area (Å²) in [5.41, 5.74) is 0. The number of rotatable bonds is 2. The lowest BCUT2D eigenvalue weighted by molar-refractivity contribution is -0.120. The van der Waals surface area contributed by atoms with Gasteiger partial charge in [-0.25, -0.2) is 4.98 Å². The van der Waals surface area contributed by atoms with E-state index in [1.807, 2.05) is 6.92 Å². The molecule has 2 atom stereocenters. The van der Waals surface area contributed by atoms with Crippen LogP contribution in [0.2, 0.25) is 0 Å². The number of anilines is 1. The number of aryl methyl sites for hydroxylation is 1. The van der Waals surface area contributed by atoms with Crippen LogP contribution >= 0.6 is 11.3 Å². The van der Waals surface area contributed by atoms with Gasteiger partial charge >= 0.3 is 0 Å². The minimum Gasteiger partial charge on any atom is -0.314 e. The average molecular weight is 239 g/mol. The van der Waals surface area contributed by atoms with E-state index in [-0.39, 0.29) is 11.8 Å². The first-order valence-electron chi connectivity index (χ1n) is 5.62. The summed E-state index contributed by atoms with van der Waals surface area (Å²) >= 11 is 1.52. The summed E-state index contributed by atoms with van der Waals surface area (Å²) in [6.45, 7) is 5.03. The molecular weight excluding hydrogens is 222 g/mol. The fourth-order valence-electron chi connectivity index (χ4n) is 1.99. The van der Waals surface area contributed by atoms with Crippen LogP contribution in [0.4, 0.5) is 5.13 Å². The maximum atomic E-state index is 12.0. The summed E-state index contributed by atoms with van der Waals surface area (Å²) in [4.78, 5) is 17.2. The molecule has 1 aromatic rings. The van der Waals surface area contributed by atoms with E-state index in [9.17, 15) is 4.79 Å². The number of carbonyl (C=O) groups excluding carboxylic acids is 1. The van der Waals surface area contributed by atoms with Gasteiger partial charge in [0.05, 0.1) is 0 Å². The van der Waals surface area contributed by atoms with E-state index in [0.717, 1.165) is 24.3 Å². The van der Waals surface area contributed by atoms with Crippen LogP contribution < -0.4 is 10.6 Å². The standard InChI is InChI=1S/C11H17N3OS/c1-7-5-9(3-4-12-7)10(15)14-11-13-6-8(2)16-11/h6-7,9,12H,3-5H2,1-2H3,(H,13,14,15)/t7-,9-/m0/s1. The van der Waals surface area contributed by atoms with Crippen LogP contribution in [0.1, 0.15) is 24.6 Å². The van der Waals surface area contributed by atoms with E-state index in [1.54, 1.807) is 6.20 Å². The van der Waals surface area contributed by atoms with Gasteiger partial charge in [-0.1, -0.05) is 0 Å². The minimum absolute atomic E-state index is 0.114. The van der Waals surface area contributed by atoms with Gasteiger partial charge in [0, 0.05) is 23.0 Å². The lowest BCUT2D eigenvalue weighted by atomic mass is 9.93. The third kappa shape index (κ3) is 2.80. The van der Waals surface area contributed by atoms with E-state index in [0.29, 0.717) is 11.2 Å². The minimum atomic E-state index is 0.114. The Morgan fingerprint density at radius 3 is 3.12 bits per heavy atom. The van der Waals surface area contributed by atoms with Crippen LogP contribution in [0.15, 0.2) is 6.20 Å². The maximum Gasteiger partial charge on any atom is 0.229 e. The molecule has 0 unspecified atom stereocenters. The predicted octanol–water partition coefficient (Wildman–Crippen LogP) is 1.78. The number of nitrogens with one attached hydrogen (secondary N) is 2. The number of hydrogen-bond acceptors (Lipinski definition) is 4. The molecular formula is C11H17N3OS. The summed E-state index contributed by atoms with van der Waals surface area (Å²) in [5.74, 6) is 0.239. The molecule has 0 aliphatic carbocycles. The molecule has 0 bridgehead atoms. The quantitative estimate of drug-likeness (QED) is 0.827. The zero-order valence-corrected chi connectivity index (χ0v) is 10.4. The molecule has 4 nitrogen and oxygen atoms in total. The lowest BCUT2D eigenvalue weighted by Gasteiger charge is -2.26. The molecule has 1 aliphatic heterocycles. The highest BCUT2D eigenvalue weighted by Gasteiger charge is 2.25. The molecule has 1 saturated heterocycles. The highest BCUT2D eigenvalue weighted by atomic mass is 32.1. The van der Waals surface area contributed by atoms with Crippen LogP contribution in [0, 0.1) is 12.8 Å². The summed E-state index contributed by atoms with van der Waals surface area (Å²) in [7, 11) is 0. The highest BCUT2D eigenvalue weighted by molar-refractivity contribution is 7.15. The first kappa shape index (κ1) is 11.5. The number of carbonyl (C=O) groups is 1. The summed E-state index contributed by atoms with van der Waals surface area (Å²) in [6.07, 6.45) is 3.61. The van der Waals surface area contributed by atoms with Crippen molar-refractivity contribution in [2.24, 2.45) is 5.92 Å². The smallest absolute Gasteiger partial charge is 0.229 e. The van der Waals surface area contributed by atoms with Crippen molar-refractivity contribution in [1.29, 1.82) is 0 Å². The lowest BCUT2D eigenvalue weighted by Crippen LogP contribution is -2.40. The predicted molar refractivity (Wildman–Crippen MR) is 65.7 cm³/mol. The molecule has 1 aromatic heterocycles. The highest BCUT2D eigenvalue weighted by Crippen LogP contribution is 2.21. The number of hydrogen-bond donors (Lipinski definition) is 2. The van der Waals surface area contributed by atoms with Gasteiger partial charge in [-0.15, -0.1) is 11.3 Å². The number of nitrogens with zero attached hydrogens (tertiary/aromatic N) is 1. The Morgan fingerprint density at radius 1 is 1.69 bits per heavy atom. The zero-order valence-electron chi connectivity index (χ0n) is 9.62.